The van der Waals surface area contributed by atoms with E-state index in [1.807, 2.05) is 0 Å². The van der Waals surface area contributed by atoms with E-state index in [0.29, 0.717) is 10.8 Å². The standard InChI is InChI=1S/C13H20N4S/c1-2-17-8-4-3-5-10(17)11-9-6-7-14-12(9)16-13(18)15-11/h10H,2-8H2,1H3,(H2,14,15,16,18). The Bertz CT molecular complexity index is 496. The lowest BCUT2D eigenvalue weighted by Crippen LogP contribution is -2.34. The first-order valence-electron chi connectivity index (χ1n) is 6.90. The van der Waals surface area contributed by atoms with Crippen LogP contribution in [0.5, 0.6) is 0 Å². The molecule has 0 saturated carbocycles. The highest BCUT2D eigenvalue weighted by molar-refractivity contribution is 7.71. The quantitative estimate of drug-likeness (QED) is 0.806. The number of likely N-dealkylation sites (tertiary alicyclic amines) is 1. The van der Waals surface area contributed by atoms with Crippen LogP contribution < -0.4 is 5.32 Å². The summed E-state index contributed by atoms with van der Waals surface area (Å²) in [7, 11) is 0. The molecule has 1 fully saturated rings. The Morgan fingerprint density at radius 3 is 3.17 bits per heavy atom. The molecule has 5 heteroatoms. The Balaban J connectivity index is 2.02. The van der Waals surface area contributed by atoms with Crippen LogP contribution in [-0.4, -0.2) is 34.5 Å². The number of piperidine rings is 1. The van der Waals surface area contributed by atoms with E-state index in [-0.39, 0.29) is 0 Å². The second-order valence-electron chi connectivity index (χ2n) is 5.10. The third-order valence-corrected chi connectivity index (χ3v) is 4.28. The lowest BCUT2D eigenvalue weighted by molar-refractivity contribution is 0.153. The van der Waals surface area contributed by atoms with E-state index >= 15 is 0 Å². The maximum Gasteiger partial charge on any atom is 0.199 e. The van der Waals surface area contributed by atoms with Crippen LogP contribution in [0.1, 0.15) is 43.5 Å². The molecule has 3 heterocycles. The molecule has 1 saturated heterocycles. The summed E-state index contributed by atoms with van der Waals surface area (Å²) in [6, 6.07) is 0.502. The minimum absolute atomic E-state index is 0.502. The number of nitrogens with one attached hydrogen (secondary N) is 2. The Morgan fingerprint density at radius 1 is 1.44 bits per heavy atom. The number of H-pyrrole nitrogens is 1. The highest BCUT2D eigenvalue weighted by Crippen LogP contribution is 2.34. The normalized spacial score (nSPS) is 23.7. The average Bonchev–Trinajstić information content (AvgIpc) is 2.85. The van der Waals surface area contributed by atoms with Crippen LogP contribution in [0, 0.1) is 4.77 Å². The Labute approximate surface area is 113 Å². The number of hydrogen-bond acceptors (Lipinski definition) is 4. The summed E-state index contributed by atoms with van der Waals surface area (Å²) in [6.45, 7) is 5.54. The maximum atomic E-state index is 5.26. The first-order valence-corrected chi connectivity index (χ1v) is 7.31. The number of rotatable bonds is 2. The molecule has 0 aliphatic carbocycles. The minimum Gasteiger partial charge on any atom is -0.369 e. The predicted molar refractivity (Wildman–Crippen MR) is 75.5 cm³/mol. The van der Waals surface area contributed by atoms with E-state index < -0.39 is 0 Å². The van der Waals surface area contributed by atoms with Gasteiger partial charge in [0, 0.05) is 17.8 Å². The van der Waals surface area contributed by atoms with Gasteiger partial charge in [-0.1, -0.05) is 13.3 Å². The maximum absolute atomic E-state index is 5.26. The zero-order chi connectivity index (χ0) is 12.5. The average molecular weight is 264 g/mol. The van der Waals surface area contributed by atoms with E-state index in [9.17, 15) is 0 Å². The van der Waals surface area contributed by atoms with E-state index in [0.717, 1.165) is 25.3 Å². The van der Waals surface area contributed by atoms with Gasteiger partial charge in [-0.05, 0) is 44.6 Å². The molecule has 1 aromatic heterocycles. The van der Waals surface area contributed by atoms with Gasteiger partial charge in [0.2, 0.25) is 0 Å². The molecule has 0 bridgehead atoms. The van der Waals surface area contributed by atoms with Gasteiger partial charge in [-0.25, -0.2) is 4.98 Å². The minimum atomic E-state index is 0.502. The number of anilines is 1. The van der Waals surface area contributed by atoms with Crippen LogP contribution in [0.25, 0.3) is 0 Å². The summed E-state index contributed by atoms with van der Waals surface area (Å²) in [5, 5.41) is 3.34. The van der Waals surface area contributed by atoms with Gasteiger partial charge < -0.3 is 10.3 Å². The smallest absolute Gasteiger partial charge is 0.199 e. The first-order chi connectivity index (χ1) is 8.79. The lowest BCUT2D eigenvalue weighted by Gasteiger charge is -2.35. The second-order valence-corrected chi connectivity index (χ2v) is 5.49. The van der Waals surface area contributed by atoms with Crippen molar-refractivity contribution < 1.29 is 0 Å². The molecule has 18 heavy (non-hydrogen) atoms. The van der Waals surface area contributed by atoms with Crippen molar-refractivity contribution in [1.29, 1.82) is 0 Å². The number of aromatic amines is 1. The highest BCUT2D eigenvalue weighted by atomic mass is 32.1. The van der Waals surface area contributed by atoms with Crippen LogP contribution in [-0.2, 0) is 6.42 Å². The first kappa shape index (κ1) is 12.1. The van der Waals surface area contributed by atoms with Crippen molar-refractivity contribution in [3.63, 3.8) is 0 Å². The van der Waals surface area contributed by atoms with Crippen molar-refractivity contribution in [3.05, 3.63) is 16.0 Å². The largest absolute Gasteiger partial charge is 0.369 e. The molecule has 1 aromatic rings. The van der Waals surface area contributed by atoms with Crippen LogP contribution in [0.4, 0.5) is 5.82 Å². The van der Waals surface area contributed by atoms with Gasteiger partial charge in [-0.2, -0.15) is 0 Å². The molecule has 4 nitrogen and oxygen atoms in total. The fourth-order valence-electron chi connectivity index (χ4n) is 3.20. The van der Waals surface area contributed by atoms with Crippen molar-refractivity contribution >= 4 is 18.0 Å². The number of hydrogen-bond donors (Lipinski definition) is 2. The van der Waals surface area contributed by atoms with Crippen molar-refractivity contribution in [2.75, 3.05) is 25.0 Å². The molecule has 0 radical (unpaired) electrons. The van der Waals surface area contributed by atoms with Crippen LogP contribution >= 0.6 is 12.2 Å². The summed E-state index contributed by atoms with van der Waals surface area (Å²) in [5.74, 6) is 1.01. The van der Waals surface area contributed by atoms with Crippen LogP contribution in [0.2, 0.25) is 0 Å². The van der Waals surface area contributed by atoms with Gasteiger partial charge in [0.15, 0.2) is 4.77 Å². The molecule has 3 rings (SSSR count). The Kier molecular flexibility index (Phi) is 3.35. The molecule has 1 atom stereocenters. The van der Waals surface area contributed by atoms with E-state index in [4.69, 9.17) is 12.2 Å². The lowest BCUT2D eigenvalue weighted by atomic mass is 9.96. The van der Waals surface area contributed by atoms with Gasteiger partial charge in [0.25, 0.3) is 0 Å². The van der Waals surface area contributed by atoms with Crippen molar-refractivity contribution in [3.8, 4) is 0 Å². The molecule has 2 aliphatic heterocycles. The fourth-order valence-corrected chi connectivity index (χ4v) is 3.40. The summed E-state index contributed by atoms with van der Waals surface area (Å²) < 4.78 is 0.611. The summed E-state index contributed by atoms with van der Waals surface area (Å²) in [6.07, 6.45) is 4.93. The molecule has 0 aromatic carbocycles. The highest BCUT2D eigenvalue weighted by Gasteiger charge is 2.28. The zero-order valence-electron chi connectivity index (χ0n) is 10.8. The molecule has 0 amide bonds. The van der Waals surface area contributed by atoms with Gasteiger partial charge in [0.1, 0.15) is 5.82 Å². The summed E-state index contributed by atoms with van der Waals surface area (Å²) >= 11 is 5.26. The molecule has 1 unspecified atom stereocenters. The second kappa shape index (κ2) is 4.97. The summed E-state index contributed by atoms with van der Waals surface area (Å²) in [5.41, 5.74) is 2.67. The Hall–Kier alpha value is -0.940. The third kappa shape index (κ3) is 2.06. The van der Waals surface area contributed by atoms with Gasteiger partial charge in [-0.3, -0.25) is 4.90 Å². The zero-order valence-corrected chi connectivity index (χ0v) is 11.6. The van der Waals surface area contributed by atoms with Gasteiger partial charge in [-0.15, -0.1) is 0 Å². The SMILES string of the molecule is CCN1CCCCC1c1[nH]c(=S)nc2c1CCN2. The molecular weight excluding hydrogens is 244 g/mol. The van der Waals surface area contributed by atoms with Gasteiger partial charge in [0.05, 0.1) is 6.04 Å². The fraction of sp³-hybridized carbons (Fsp3) is 0.692. The number of nitrogens with zero attached hydrogens (tertiary/aromatic N) is 2. The monoisotopic (exact) mass is 264 g/mol. The van der Waals surface area contributed by atoms with Crippen molar-refractivity contribution in [2.45, 2.75) is 38.6 Å². The third-order valence-electron chi connectivity index (χ3n) is 4.09. The van der Waals surface area contributed by atoms with E-state index in [1.54, 1.807) is 0 Å². The number of fused-ring (bicyclic) bond motifs is 1. The van der Waals surface area contributed by atoms with Crippen LogP contribution in [0.15, 0.2) is 0 Å². The van der Waals surface area contributed by atoms with Crippen molar-refractivity contribution in [2.24, 2.45) is 0 Å². The van der Waals surface area contributed by atoms with Gasteiger partial charge >= 0.3 is 0 Å². The topological polar surface area (TPSA) is 44.0 Å². The Morgan fingerprint density at radius 2 is 2.33 bits per heavy atom. The molecular formula is C13H20N4S. The molecule has 2 N–H and O–H groups in total. The summed E-state index contributed by atoms with van der Waals surface area (Å²) in [4.78, 5) is 10.3. The van der Waals surface area contributed by atoms with Crippen molar-refractivity contribution in [1.82, 2.24) is 14.9 Å². The molecule has 0 spiro atoms. The van der Waals surface area contributed by atoms with Crippen LogP contribution in [0.3, 0.4) is 0 Å². The predicted octanol–water partition coefficient (Wildman–Crippen LogP) is 2.65. The number of aromatic nitrogens is 2. The van der Waals surface area contributed by atoms with E-state index in [1.165, 1.54) is 37.1 Å². The van der Waals surface area contributed by atoms with E-state index in [2.05, 4.69) is 27.1 Å². The molecule has 2 aliphatic rings. The molecule has 98 valence electrons.